The number of nitrogen functional groups attached to an aromatic ring is 2. The number of anilines is 2. The molecule has 0 radical (unpaired) electrons. The SMILES string of the molecule is Nc1ncc[nH]1.Nc1ncc[nH]1. The number of aromatic nitrogens is 4. The van der Waals surface area contributed by atoms with Gasteiger partial charge in [-0.05, 0) is 0 Å². The zero-order valence-corrected chi connectivity index (χ0v) is 6.36. The fraction of sp³-hybridized carbons (Fsp3) is 0. The molecule has 6 nitrogen and oxygen atoms in total. The molecule has 0 aliphatic carbocycles. The second-order valence-electron chi connectivity index (χ2n) is 1.95. The Balaban J connectivity index is 0.000000120. The maximum Gasteiger partial charge on any atom is 0.197 e. The van der Waals surface area contributed by atoms with Crippen LogP contribution in [-0.2, 0) is 0 Å². The highest BCUT2D eigenvalue weighted by atomic mass is 15.0. The Morgan fingerprint density at radius 1 is 0.917 bits per heavy atom. The van der Waals surface area contributed by atoms with E-state index in [0.717, 1.165) is 0 Å². The van der Waals surface area contributed by atoms with Crippen LogP contribution in [0.4, 0.5) is 11.9 Å². The Bertz CT molecular complexity index is 251. The van der Waals surface area contributed by atoms with Crippen LogP contribution in [0.15, 0.2) is 24.8 Å². The van der Waals surface area contributed by atoms with Gasteiger partial charge in [-0.2, -0.15) is 0 Å². The average molecular weight is 166 g/mol. The van der Waals surface area contributed by atoms with Crippen molar-refractivity contribution >= 4 is 11.9 Å². The second kappa shape index (κ2) is 4.02. The molecule has 0 spiro atoms. The van der Waals surface area contributed by atoms with Crippen LogP contribution in [0.25, 0.3) is 0 Å². The Hall–Kier alpha value is -1.98. The zero-order valence-electron chi connectivity index (χ0n) is 6.36. The molecule has 0 saturated carbocycles. The Morgan fingerprint density at radius 2 is 1.33 bits per heavy atom. The maximum absolute atomic E-state index is 5.11. The van der Waals surface area contributed by atoms with E-state index in [0.29, 0.717) is 11.9 Å². The molecule has 0 amide bonds. The molecule has 0 aliphatic heterocycles. The van der Waals surface area contributed by atoms with Crippen molar-refractivity contribution in [1.29, 1.82) is 0 Å². The molecule has 2 aromatic rings. The van der Waals surface area contributed by atoms with Crippen LogP contribution in [0.1, 0.15) is 0 Å². The van der Waals surface area contributed by atoms with Gasteiger partial charge in [0.2, 0.25) is 0 Å². The monoisotopic (exact) mass is 166 g/mol. The van der Waals surface area contributed by atoms with E-state index >= 15 is 0 Å². The molecule has 0 aliphatic rings. The van der Waals surface area contributed by atoms with Gasteiger partial charge in [0.1, 0.15) is 0 Å². The number of imidazole rings is 2. The summed E-state index contributed by atoms with van der Waals surface area (Å²) < 4.78 is 0. The molecule has 0 fully saturated rings. The Morgan fingerprint density at radius 3 is 1.42 bits per heavy atom. The second-order valence-corrected chi connectivity index (χ2v) is 1.95. The molecule has 2 aromatic heterocycles. The molecule has 0 bridgehead atoms. The summed E-state index contributed by atoms with van der Waals surface area (Å²) in [4.78, 5) is 12.6. The number of nitrogens with two attached hydrogens (primary N) is 2. The van der Waals surface area contributed by atoms with Crippen molar-refractivity contribution in [3.8, 4) is 0 Å². The third kappa shape index (κ3) is 2.74. The van der Waals surface area contributed by atoms with Gasteiger partial charge >= 0.3 is 0 Å². The molecular weight excluding hydrogens is 156 g/mol. The molecular formula is C6H10N6. The van der Waals surface area contributed by atoms with Gasteiger partial charge < -0.3 is 21.4 Å². The van der Waals surface area contributed by atoms with Gasteiger partial charge in [0, 0.05) is 24.8 Å². The van der Waals surface area contributed by atoms with Gasteiger partial charge in [0.05, 0.1) is 0 Å². The molecule has 2 heterocycles. The van der Waals surface area contributed by atoms with Crippen LogP contribution < -0.4 is 11.5 Å². The molecule has 0 aromatic carbocycles. The first-order valence-corrected chi connectivity index (χ1v) is 3.28. The standard InChI is InChI=1S/2C3H5N3/c2*4-3-5-1-2-6-3/h2*1-2H,(H3,4,5,6). The molecule has 2 rings (SSSR count). The van der Waals surface area contributed by atoms with E-state index in [2.05, 4.69) is 19.9 Å². The van der Waals surface area contributed by atoms with Crippen molar-refractivity contribution in [2.75, 3.05) is 11.5 Å². The van der Waals surface area contributed by atoms with E-state index in [4.69, 9.17) is 11.5 Å². The number of nitrogens with one attached hydrogen (secondary N) is 2. The molecule has 64 valence electrons. The lowest BCUT2D eigenvalue weighted by Crippen LogP contribution is -1.83. The van der Waals surface area contributed by atoms with Crippen molar-refractivity contribution in [3.63, 3.8) is 0 Å². The minimum absolute atomic E-state index is 0.468. The van der Waals surface area contributed by atoms with Crippen LogP contribution in [0.3, 0.4) is 0 Å². The van der Waals surface area contributed by atoms with Crippen molar-refractivity contribution < 1.29 is 0 Å². The number of H-pyrrole nitrogens is 2. The molecule has 0 unspecified atom stereocenters. The summed E-state index contributed by atoms with van der Waals surface area (Å²) >= 11 is 0. The van der Waals surface area contributed by atoms with Crippen LogP contribution in [0, 0.1) is 0 Å². The lowest BCUT2D eigenvalue weighted by Gasteiger charge is -1.70. The summed E-state index contributed by atoms with van der Waals surface area (Å²) in [5, 5.41) is 0. The first kappa shape index (κ1) is 8.12. The van der Waals surface area contributed by atoms with Crippen molar-refractivity contribution in [2.24, 2.45) is 0 Å². The average Bonchev–Trinajstić information content (AvgIpc) is 2.63. The minimum Gasteiger partial charge on any atom is -0.369 e. The van der Waals surface area contributed by atoms with Gasteiger partial charge in [0.15, 0.2) is 11.9 Å². The van der Waals surface area contributed by atoms with Crippen LogP contribution in [0.2, 0.25) is 0 Å². The van der Waals surface area contributed by atoms with Gasteiger partial charge in [-0.1, -0.05) is 0 Å². The van der Waals surface area contributed by atoms with Gasteiger partial charge in [-0.15, -0.1) is 0 Å². The van der Waals surface area contributed by atoms with Gasteiger partial charge in [0.25, 0.3) is 0 Å². The summed E-state index contributed by atoms with van der Waals surface area (Å²) in [5.74, 6) is 0.935. The number of hydrogen-bond acceptors (Lipinski definition) is 4. The highest BCUT2D eigenvalue weighted by Crippen LogP contribution is 1.82. The fourth-order valence-corrected chi connectivity index (χ4v) is 0.555. The van der Waals surface area contributed by atoms with Crippen LogP contribution in [-0.4, -0.2) is 19.9 Å². The van der Waals surface area contributed by atoms with Crippen LogP contribution in [0.5, 0.6) is 0 Å². The normalized spacial score (nSPS) is 8.67. The lowest BCUT2D eigenvalue weighted by molar-refractivity contribution is 1.33. The summed E-state index contributed by atoms with van der Waals surface area (Å²) in [6.45, 7) is 0. The summed E-state index contributed by atoms with van der Waals surface area (Å²) in [6, 6.07) is 0. The van der Waals surface area contributed by atoms with Gasteiger partial charge in [-0.3, -0.25) is 0 Å². The first-order chi connectivity index (χ1) is 5.79. The number of aromatic amines is 2. The van der Waals surface area contributed by atoms with Crippen LogP contribution >= 0.6 is 0 Å². The topological polar surface area (TPSA) is 109 Å². The van der Waals surface area contributed by atoms with Crippen molar-refractivity contribution in [1.82, 2.24) is 19.9 Å². The smallest absolute Gasteiger partial charge is 0.197 e. The quantitative estimate of drug-likeness (QED) is 0.441. The van der Waals surface area contributed by atoms with E-state index in [1.54, 1.807) is 24.8 Å². The van der Waals surface area contributed by atoms with E-state index in [1.165, 1.54) is 0 Å². The van der Waals surface area contributed by atoms with E-state index in [1.807, 2.05) is 0 Å². The Labute approximate surface area is 69.0 Å². The number of nitrogens with zero attached hydrogens (tertiary/aromatic N) is 2. The van der Waals surface area contributed by atoms with E-state index in [9.17, 15) is 0 Å². The zero-order chi connectivity index (χ0) is 8.81. The predicted octanol–water partition coefficient (Wildman–Crippen LogP) is -0.0162. The summed E-state index contributed by atoms with van der Waals surface area (Å²) in [7, 11) is 0. The Kier molecular flexibility index (Phi) is 2.72. The largest absolute Gasteiger partial charge is 0.369 e. The molecule has 6 N–H and O–H groups in total. The summed E-state index contributed by atoms with van der Waals surface area (Å²) in [5.41, 5.74) is 10.2. The first-order valence-electron chi connectivity index (χ1n) is 3.28. The predicted molar refractivity (Wildman–Crippen MR) is 46.0 cm³/mol. The highest BCUT2D eigenvalue weighted by molar-refractivity contribution is 5.12. The van der Waals surface area contributed by atoms with E-state index < -0.39 is 0 Å². The molecule has 0 atom stereocenters. The highest BCUT2D eigenvalue weighted by Gasteiger charge is 1.74. The molecule has 0 saturated heterocycles. The summed E-state index contributed by atoms with van der Waals surface area (Å²) in [6.07, 6.45) is 6.56. The molecule has 12 heavy (non-hydrogen) atoms. The lowest BCUT2D eigenvalue weighted by atomic mass is 11.0. The van der Waals surface area contributed by atoms with E-state index in [-0.39, 0.29) is 0 Å². The van der Waals surface area contributed by atoms with Crippen molar-refractivity contribution in [2.45, 2.75) is 0 Å². The maximum atomic E-state index is 5.11. The third-order valence-electron chi connectivity index (χ3n) is 1.04. The molecule has 6 heteroatoms. The van der Waals surface area contributed by atoms with Crippen molar-refractivity contribution in [3.05, 3.63) is 24.8 Å². The number of rotatable bonds is 0. The van der Waals surface area contributed by atoms with Gasteiger partial charge in [-0.25, -0.2) is 9.97 Å². The minimum atomic E-state index is 0.468. The third-order valence-corrected chi connectivity index (χ3v) is 1.04. The fourth-order valence-electron chi connectivity index (χ4n) is 0.555. The number of hydrogen-bond donors (Lipinski definition) is 4.